The van der Waals surface area contributed by atoms with Crippen molar-refractivity contribution in [3.8, 4) is 28.4 Å². The Bertz CT molecular complexity index is 2030. The summed E-state index contributed by atoms with van der Waals surface area (Å²) in [5, 5.41) is 3.39. The average molecular weight is 623 g/mol. The molecule has 0 saturated heterocycles. The number of methoxy groups -OCH3 is 1. The van der Waals surface area contributed by atoms with Crippen molar-refractivity contribution < 1.29 is 26.3 Å². The highest BCUT2D eigenvalue weighted by Gasteiger charge is 2.31. The summed E-state index contributed by atoms with van der Waals surface area (Å²) >= 11 is 0. The molecule has 6 rings (SSSR count). The number of ether oxygens (including phenoxy) is 1. The normalized spacial score (nSPS) is 13.5. The van der Waals surface area contributed by atoms with E-state index in [0.717, 1.165) is 46.4 Å². The minimum Gasteiger partial charge on any atom is -0.479 e. The van der Waals surface area contributed by atoms with Gasteiger partial charge in [-0.25, -0.2) is 23.4 Å². The monoisotopic (exact) mass is 622 g/mol. The number of nitrogens with zero attached hydrogens (tertiary/aromatic N) is 6. The fourth-order valence-electron chi connectivity index (χ4n) is 4.97. The summed E-state index contributed by atoms with van der Waals surface area (Å²) in [6, 6.07) is 12.0. The molecule has 11 nitrogen and oxygen atoms in total. The zero-order chi connectivity index (χ0) is 31.1. The number of benzene rings is 1. The molecule has 0 unspecified atom stereocenters. The third kappa shape index (κ3) is 5.90. The summed E-state index contributed by atoms with van der Waals surface area (Å²) in [4.78, 5) is 21.6. The number of anilines is 2. The Kier molecular flexibility index (Phi) is 7.41. The predicted octanol–water partition coefficient (Wildman–Crippen LogP) is 4.78. The third-order valence-corrected chi connectivity index (χ3v) is 8.16. The van der Waals surface area contributed by atoms with Gasteiger partial charge in [0.2, 0.25) is 15.9 Å². The van der Waals surface area contributed by atoms with Crippen LogP contribution in [0.15, 0.2) is 72.1 Å². The lowest BCUT2D eigenvalue weighted by Crippen LogP contribution is -2.18. The summed E-state index contributed by atoms with van der Waals surface area (Å²) in [5.41, 5.74) is 2.96. The number of fused-ring (bicyclic) bond motifs is 3. The Labute approximate surface area is 249 Å². The van der Waals surface area contributed by atoms with E-state index in [4.69, 9.17) is 9.72 Å². The number of rotatable bonds is 7. The van der Waals surface area contributed by atoms with Crippen LogP contribution in [0.3, 0.4) is 0 Å². The van der Waals surface area contributed by atoms with Crippen LogP contribution in [0.1, 0.15) is 16.8 Å². The first kappa shape index (κ1) is 29.0. The highest BCUT2D eigenvalue weighted by molar-refractivity contribution is 7.91. The molecular weight excluding hydrogens is 597 g/mol. The fourth-order valence-corrected chi connectivity index (χ4v) is 6.08. The molecule has 3 aliphatic heterocycles. The fraction of sp³-hybridized carbons (Fsp3) is 0.207. The highest BCUT2D eigenvalue weighted by Crippen LogP contribution is 2.39. The molecule has 2 N–H and O–H groups in total. The van der Waals surface area contributed by atoms with Crippen LogP contribution in [0.25, 0.3) is 22.5 Å². The first-order valence-corrected chi connectivity index (χ1v) is 15.0. The van der Waals surface area contributed by atoms with Gasteiger partial charge in [-0.2, -0.15) is 18.2 Å². The molecule has 0 radical (unpaired) electrons. The topological polar surface area (TPSA) is 136 Å². The molecule has 0 aliphatic carbocycles. The Hall–Kier alpha value is -5.05. The van der Waals surface area contributed by atoms with Gasteiger partial charge in [-0.15, -0.1) is 0 Å². The lowest BCUT2D eigenvalue weighted by Gasteiger charge is -2.19. The van der Waals surface area contributed by atoms with Crippen molar-refractivity contribution in [3.63, 3.8) is 0 Å². The molecule has 0 fully saturated rings. The molecule has 44 heavy (non-hydrogen) atoms. The van der Waals surface area contributed by atoms with Crippen molar-refractivity contribution in [2.75, 3.05) is 23.7 Å². The van der Waals surface area contributed by atoms with Crippen LogP contribution in [0.4, 0.5) is 30.4 Å². The zero-order valence-electron chi connectivity index (χ0n) is 23.4. The van der Waals surface area contributed by atoms with E-state index in [1.165, 1.54) is 7.11 Å². The van der Waals surface area contributed by atoms with Gasteiger partial charge in [0.25, 0.3) is 5.62 Å². The van der Waals surface area contributed by atoms with Gasteiger partial charge in [-0.1, -0.05) is 6.07 Å². The molecule has 2 aromatic heterocycles. The molecule has 15 heteroatoms. The average Bonchev–Trinajstić information content (AvgIpc) is 3.48. The Morgan fingerprint density at radius 3 is 2.70 bits per heavy atom. The molecular formula is C29H25F3N8O3S. The summed E-state index contributed by atoms with van der Waals surface area (Å²) in [5.74, 6) is 1.08. The van der Waals surface area contributed by atoms with E-state index in [9.17, 15) is 21.6 Å². The Morgan fingerprint density at radius 2 is 1.91 bits per heavy atom. The number of alkyl halides is 3. The van der Waals surface area contributed by atoms with Crippen LogP contribution >= 0.6 is 0 Å². The summed E-state index contributed by atoms with van der Waals surface area (Å²) in [6.45, 7) is 3.17. The highest BCUT2D eigenvalue weighted by atomic mass is 32.2. The molecule has 0 spiro atoms. The van der Waals surface area contributed by atoms with Crippen molar-refractivity contribution in [1.29, 1.82) is 0 Å². The minimum atomic E-state index is -4.61. The summed E-state index contributed by atoms with van der Waals surface area (Å²) in [7, 11) is -2.58. The van der Waals surface area contributed by atoms with Crippen molar-refractivity contribution in [2.24, 2.45) is 4.99 Å². The quantitative estimate of drug-likeness (QED) is 0.265. The molecule has 0 amide bonds. The molecule has 0 saturated carbocycles. The number of nitrogens with one attached hydrogen (secondary N) is 2. The Balaban J connectivity index is 1.35. The second kappa shape index (κ2) is 11.2. The van der Waals surface area contributed by atoms with E-state index in [1.54, 1.807) is 42.7 Å². The standard InChI is InChI=1S/C29H25F3N8O3S/c1-17-5-6-20(39-44(41,42)16-21-13-19(7-9-33-21)29(30,31)32)14-22(17)23-12-18-15-36-28(37-24-4-3-8-35-27(24)43-2)38-25(18)40-11-10-34-26(23)40/h3-9,12-15,34,39H,10-11,16H2,1-2H3. The van der Waals surface area contributed by atoms with Crippen molar-refractivity contribution in [2.45, 2.75) is 25.4 Å². The van der Waals surface area contributed by atoms with Gasteiger partial charge < -0.3 is 14.6 Å². The number of aryl methyl sites for hydroxylation is 1. The maximum absolute atomic E-state index is 13.1. The molecule has 5 heterocycles. The van der Waals surface area contributed by atoms with Gasteiger partial charge in [0.05, 0.1) is 18.4 Å². The van der Waals surface area contributed by atoms with E-state index in [0.29, 0.717) is 30.5 Å². The second-order valence-electron chi connectivity index (χ2n) is 10.0. The van der Waals surface area contributed by atoms with E-state index in [1.807, 2.05) is 17.6 Å². The van der Waals surface area contributed by atoms with Crippen molar-refractivity contribution in [1.82, 2.24) is 24.5 Å². The second-order valence-corrected chi connectivity index (χ2v) is 11.7. The minimum absolute atomic E-state index is 0.222. The van der Waals surface area contributed by atoms with E-state index in [2.05, 4.69) is 30.0 Å². The van der Waals surface area contributed by atoms with Crippen LogP contribution in [0.2, 0.25) is 0 Å². The summed E-state index contributed by atoms with van der Waals surface area (Å²) in [6.07, 6.45) is -0.395. The third-order valence-electron chi connectivity index (χ3n) is 6.94. The SMILES string of the molecule is COc1ncccc1N=c1ncc2cc(-c3cc(NS(=O)(=O)Cc4cc(C(F)(F)F)ccn4)ccc3C)c3n(c-2n1)CCN3. The predicted molar refractivity (Wildman–Crippen MR) is 157 cm³/mol. The maximum atomic E-state index is 13.1. The number of hydrogen-bond donors (Lipinski definition) is 2. The molecule has 3 aliphatic rings. The lowest BCUT2D eigenvalue weighted by molar-refractivity contribution is -0.137. The zero-order valence-corrected chi connectivity index (χ0v) is 24.2. The van der Waals surface area contributed by atoms with Crippen molar-refractivity contribution in [3.05, 3.63) is 89.6 Å². The number of pyridine rings is 3. The molecule has 3 aromatic rings. The van der Waals surface area contributed by atoms with Crippen LogP contribution in [0, 0.1) is 6.92 Å². The molecule has 226 valence electrons. The molecule has 0 atom stereocenters. The number of aromatic nitrogens is 5. The van der Waals surface area contributed by atoms with Crippen LogP contribution < -0.4 is 20.4 Å². The van der Waals surface area contributed by atoms with E-state index >= 15 is 0 Å². The summed E-state index contributed by atoms with van der Waals surface area (Å²) < 4.78 is 75.0. The van der Waals surface area contributed by atoms with Crippen LogP contribution in [0.5, 0.6) is 5.88 Å². The molecule has 1 aromatic carbocycles. The number of sulfonamides is 1. The molecule has 0 bridgehead atoms. The van der Waals surface area contributed by atoms with E-state index < -0.39 is 27.5 Å². The largest absolute Gasteiger partial charge is 0.479 e. The number of hydrogen-bond acceptors (Lipinski definition) is 9. The van der Waals surface area contributed by atoms with Crippen LogP contribution in [-0.2, 0) is 28.5 Å². The van der Waals surface area contributed by atoms with Gasteiger partial charge in [0, 0.05) is 48.5 Å². The van der Waals surface area contributed by atoms with Gasteiger partial charge in [0.1, 0.15) is 23.1 Å². The van der Waals surface area contributed by atoms with Gasteiger partial charge in [0.15, 0.2) is 0 Å². The maximum Gasteiger partial charge on any atom is 0.416 e. The van der Waals surface area contributed by atoms with Crippen molar-refractivity contribution >= 4 is 27.2 Å². The van der Waals surface area contributed by atoms with Gasteiger partial charge >= 0.3 is 6.18 Å². The smallest absolute Gasteiger partial charge is 0.416 e. The number of halogens is 3. The lowest BCUT2D eigenvalue weighted by atomic mass is 9.98. The first-order valence-electron chi connectivity index (χ1n) is 13.3. The Morgan fingerprint density at radius 1 is 1.07 bits per heavy atom. The van der Waals surface area contributed by atoms with Gasteiger partial charge in [-0.05, 0) is 60.5 Å². The van der Waals surface area contributed by atoms with E-state index in [-0.39, 0.29) is 17.0 Å². The first-order chi connectivity index (χ1) is 21.0. The van der Waals surface area contributed by atoms with Gasteiger partial charge in [-0.3, -0.25) is 9.71 Å². The van der Waals surface area contributed by atoms with Crippen LogP contribution in [-0.4, -0.2) is 46.6 Å².